The quantitative estimate of drug-likeness (QED) is 0.0639. The Kier molecular flexibility index (Phi) is 21.4. The Bertz CT molecular complexity index is 3080. The molecule has 4 heterocycles. The third-order valence-electron chi connectivity index (χ3n) is 15.2. The molecule has 0 unspecified atom stereocenters. The summed E-state index contributed by atoms with van der Waals surface area (Å²) in [4.78, 5) is 177. The molecule has 3 aromatic rings. The highest BCUT2D eigenvalue weighted by molar-refractivity contribution is 6.03. The van der Waals surface area contributed by atoms with Gasteiger partial charge in [-0.2, -0.15) is 0 Å². The van der Waals surface area contributed by atoms with Crippen LogP contribution in [0.1, 0.15) is 142 Å². The van der Waals surface area contributed by atoms with Gasteiger partial charge in [0.1, 0.15) is 57.0 Å². The van der Waals surface area contributed by atoms with E-state index in [1.54, 1.807) is 54.6 Å². The number of hydrogen-bond donors (Lipinski definition) is 9. The first-order valence-electron chi connectivity index (χ1n) is 28.4. The van der Waals surface area contributed by atoms with Crippen LogP contribution in [0.15, 0.2) is 79.4 Å². The lowest BCUT2D eigenvalue weighted by molar-refractivity contribution is -0.150. The molecule has 2 aliphatic heterocycles. The van der Waals surface area contributed by atoms with Crippen LogP contribution in [0, 0.1) is 0 Å². The van der Waals surface area contributed by atoms with Crippen molar-refractivity contribution in [2.75, 3.05) is 33.3 Å². The Morgan fingerprint density at radius 3 is 1.30 bits per heavy atom. The number of likely N-dealkylation sites (tertiary alicyclic amines) is 2. The number of pyridine rings is 2. The molecule has 1 aromatic carbocycles. The molecule has 11 amide bonds. The number of alkyl carbamates (subject to hydrolysis) is 1. The number of esters is 1. The molecular weight excluding hydrogens is 1130 g/mol. The van der Waals surface area contributed by atoms with Crippen molar-refractivity contribution in [1.82, 2.24) is 67.6 Å². The van der Waals surface area contributed by atoms with Crippen molar-refractivity contribution in [2.45, 2.75) is 173 Å². The summed E-state index contributed by atoms with van der Waals surface area (Å²) in [6, 6.07) is 13.9. The Hall–Kier alpha value is -9.04. The molecule has 87 heavy (non-hydrogen) atoms. The first kappa shape index (κ1) is 68.7. The Labute approximate surface area is 506 Å². The number of nitrogens with one attached hydrogen (secondary N) is 9. The summed E-state index contributed by atoms with van der Waals surface area (Å²) in [7, 11) is 1.16. The van der Waals surface area contributed by atoms with Crippen molar-refractivity contribution in [1.29, 1.82) is 0 Å². The van der Waals surface area contributed by atoms with Crippen molar-refractivity contribution in [3.8, 4) is 0 Å². The van der Waals surface area contributed by atoms with E-state index in [0.717, 1.165) is 12.7 Å². The molecule has 27 nitrogen and oxygen atoms in total. The average molecular weight is 1210 g/mol. The number of piperidine rings is 2. The van der Waals surface area contributed by atoms with E-state index in [-0.39, 0.29) is 75.5 Å². The molecule has 5 rings (SSSR count). The molecule has 2 fully saturated rings. The lowest BCUT2D eigenvalue weighted by atomic mass is 9.83. The largest absolute Gasteiger partial charge is 0.467 e. The number of methoxy groups -OCH3 is 1. The number of hydrogen-bond acceptors (Lipinski definition) is 16. The second-order valence-electron chi connectivity index (χ2n) is 25.1. The van der Waals surface area contributed by atoms with Crippen LogP contribution in [0.4, 0.5) is 4.79 Å². The summed E-state index contributed by atoms with van der Waals surface area (Å²) in [5.41, 5.74) is -12.5. The maximum absolute atomic E-state index is 14.9. The maximum atomic E-state index is 14.9. The number of carbonyl (C=O) groups is 12. The molecule has 9 N–H and O–H groups in total. The lowest BCUT2D eigenvalue weighted by Crippen LogP contribution is -2.72. The Balaban J connectivity index is 1.32. The van der Waals surface area contributed by atoms with E-state index in [2.05, 4.69) is 57.8 Å². The molecule has 2 aliphatic rings. The Morgan fingerprint density at radius 1 is 0.494 bits per heavy atom. The monoisotopic (exact) mass is 1210 g/mol. The molecular formula is C60H83N13O14. The third kappa shape index (κ3) is 17.3. The van der Waals surface area contributed by atoms with Gasteiger partial charge in [0.15, 0.2) is 0 Å². The van der Waals surface area contributed by atoms with Crippen molar-refractivity contribution in [3.05, 3.63) is 96.1 Å². The highest BCUT2D eigenvalue weighted by Gasteiger charge is 2.51. The predicted octanol–water partition coefficient (Wildman–Crippen LogP) is 1.22. The molecule has 0 aliphatic carbocycles. The number of aromatic nitrogens is 2. The van der Waals surface area contributed by atoms with E-state index in [1.165, 1.54) is 125 Å². The van der Waals surface area contributed by atoms with Crippen molar-refractivity contribution >= 4 is 71.1 Å². The number of rotatable bonds is 22. The van der Waals surface area contributed by atoms with Crippen molar-refractivity contribution < 1.29 is 67.0 Å². The number of carbonyl (C=O) groups excluding carboxylic acids is 12. The zero-order chi connectivity index (χ0) is 65.1. The standard InChI is InChI=1S/C60H83N13O14/c1-37(63-44(77)53(2,3)65-47(80)57(10,11)71-52(85)87-36-38-20-16-15-17-21-38)41(74)64-59(24-30-72(31-25-59)42(75)39-22-18-28-61-34-39)49(82)68-54(4,5)45(78)66-56(8,9)48(81)70-60(26-32-73(33-27-60)43(76)40-23-19-29-62-35-40)50(83)69-55(6,7)46(79)67-58(12,13)51(84)86-14/h15-23,28-29,34-35,37H,24-27,30-33,36H2,1-14H3,(H,63,77)(H,64,74)(H,65,80)(H,66,78)(H,67,79)(H,68,82)(H,69,83)(H,70,81)(H,71,85)/t37-/m0/s1. The van der Waals surface area contributed by atoms with Crippen LogP contribution < -0.4 is 47.9 Å². The summed E-state index contributed by atoms with van der Waals surface area (Å²) < 4.78 is 10.1. The van der Waals surface area contributed by atoms with E-state index >= 15 is 0 Å². The molecule has 2 saturated heterocycles. The predicted molar refractivity (Wildman–Crippen MR) is 315 cm³/mol. The summed E-state index contributed by atoms with van der Waals surface area (Å²) in [6.45, 7) is 17.7. The fraction of sp³-hybridized carbons (Fsp3) is 0.533. The van der Waals surface area contributed by atoms with E-state index in [9.17, 15) is 57.5 Å². The fourth-order valence-corrected chi connectivity index (χ4v) is 9.24. The zero-order valence-corrected chi connectivity index (χ0v) is 52.0. The van der Waals surface area contributed by atoms with Gasteiger partial charge in [-0.05, 0) is 146 Å². The second-order valence-corrected chi connectivity index (χ2v) is 25.1. The minimum absolute atomic E-state index is 0.0439. The smallest absolute Gasteiger partial charge is 0.408 e. The van der Waals surface area contributed by atoms with Gasteiger partial charge in [-0.25, -0.2) is 9.59 Å². The molecule has 2 aromatic heterocycles. The van der Waals surface area contributed by atoms with Gasteiger partial charge in [-0.15, -0.1) is 0 Å². The zero-order valence-electron chi connectivity index (χ0n) is 52.0. The van der Waals surface area contributed by atoms with Gasteiger partial charge in [0.2, 0.25) is 47.3 Å². The molecule has 27 heteroatoms. The molecule has 0 spiro atoms. The summed E-state index contributed by atoms with van der Waals surface area (Å²) in [5.74, 6) is -8.17. The second kappa shape index (κ2) is 27.1. The number of ether oxygens (including phenoxy) is 2. The maximum Gasteiger partial charge on any atom is 0.408 e. The molecule has 1 atom stereocenters. The van der Waals surface area contributed by atoms with Crippen molar-refractivity contribution in [2.24, 2.45) is 0 Å². The molecule has 472 valence electrons. The van der Waals surface area contributed by atoms with Gasteiger partial charge in [0.25, 0.3) is 11.8 Å². The summed E-state index contributed by atoms with van der Waals surface area (Å²) >= 11 is 0. The third-order valence-corrected chi connectivity index (χ3v) is 15.2. The van der Waals surface area contributed by atoms with Crippen LogP contribution in [0.2, 0.25) is 0 Å². The SMILES string of the molecule is COC(=O)C(C)(C)NC(=O)C(C)(C)NC(=O)C1(NC(=O)C(C)(C)NC(=O)C(C)(C)NC(=O)C2(NC(=O)[C@H](C)NC(=O)C(C)(C)NC(=O)C(C)(C)NC(=O)OCc3ccccc3)CCN(C(=O)c3cccnc3)CC2)CCN(C(=O)c2cccnc2)CC1. The average Bonchev–Trinajstić information content (AvgIpc) is 1.26. The van der Waals surface area contributed by atoms with E-state index in [4.69, 9.17) is 9.47 Å². The van der Waals surface area contributed by atoms with Gasteiger partial charge < -0.3 is 67.1 Å². The van der Waals surface area contributed by atoms with Crippen LogP contribution in [-0.2, 0) is 59.2 Å². The molecule has 0 bridgehead atoms. The number of amides is 11. The minimum Gasteiger partial charge on any atom is -0.467 e. The van der Waals surface area contributed by atoms with Crippen LogP contribution in [0.3, 0.4) is 0 Å². The molecule has 0 radical (unpaired) electrons. The van der Waals surface area contributed by atoms with E-state index in [0.29, 0.717) is 0 Å². The first-order valence-corrected chi connectivity index (χ1v) is 28.4. The van der Waals surface area contributed by atoms with Gasteiger partial charge in [0.05, 0.1) is 18.2 Å². The minimum atomic E-state index is -1.86. The highest BCUT2D eigenvalue weighted by atomic mass is 16.5. The van der Waals surface area contributed by atoms with Gasteiger partial charge >= 0.3 is 12.1 Å². The Morgan fingerprint density at radius 2 is 0.885 bits per heavy atom. The normalized spacial score (nSPS) is 15.6. The van der Waals surface area contributed by atoms with E-state index < -0.39 is 116 Å². The van der Waals surface area contributed by atoms with Gasteiger partial charge in [-0.1, -0.05) is 30.3 Å². The van der Waals surface area contributed by atoms with Gasteiger partial charge in [0, 0.05) is 51.0 Å². The number of benzene rings is 1. The van der Waals surface area contributed by atoms with Crippen LogP contribution in [0.25, 0.3) is 0 Å². The lowest BCUT2D eigenvalue weighted by Gasteiger charge is -2.44. The van der Waals surface area contributed by atoms with E-state index in [1.807, 2.05) is 0 Å². The summed E-state index contributed by atoms with van der Waals surface area (Å²) in [5, 5.41) is 23.9. The molecule has 0 saturated carbocycles. The van der Waals surface area contributed by atoms with Crippen LogP contribution >= 0.6 is 0 Å². The van der Waals surface area contributed by atoms with Gasteiger partial charge in [-0.3, -0.25) is 57.9 Å². The topological polar surface area (TPSA) is 364 Å². The van der Waals surface area contributed by atoms with Crippen molar-refractivity contribution in [3.63, 3.8) is 0 Å². The highest BCUT2D eigenvalue weighted by Crippen LogP contribution is 2.29. The fourth-order valence-electron chi connectivity index (χ4n) is 9.24. The number of nitrogens with zero attached hydrogens (tertiary/aromatic N) is 4. The van der Waals surface area contributed by atoms with Crippen LogP contribution in [0.5, 0.6) is 0 Å². The first-order chi connectivity index (χ1) is 40.3. The van der Waals surface area contributed by atoms with Crippen LogP contribution in [-0.4, -0.2) is 175 Å². The summed E-state index contributed by atoms with van der Waals surface area (Å²) in [6.07, 6.45) is 4.22.